The Morgan fingerprint density at radius 3 is 1.95 bits per heavy atom. The van der Waals surface area contributed by atoms with Crippen LogP contribution in [0.25, 0.3) is 0 Å². The second kappa shape index (κ2) is 5.44. The lowest BCUT2D eigenvalue weighted by atomic mass is 9.90. The lowest BCUT2D eigenvalue weighted by Crippen LogP contribution is -2.59. The molecule has 0 aliphatic rings. The minimum absolute atomic E-state index is 0.253. The van der Waals surface area contributed by atoms with Crippen molar-refractivity contribution in [3.05, 3.63) is 35.9 Å². The molecule has 3 nitrogen and oxygen atoms in total. The number of halogens is 3. The molecule has 0 aliphatic heterocycles. The van der Waals surface area contributed by atoms with E-state index in [4.69, 9.17) is 0 Å². The summed E-state index contributed by atoms with van der Waals surface area (Å²) < 4.78 is 45.2. The summed E-state index contributed by atoms with van der Waals surface area (Å²) in [4.78, 5) is 12.2. The molecule has 0 saturated carbocycles. The van der Waals surface area contributed by atoms with Crippen molar-refractivity contribution in [3.63, 3.8) is 0 Å². The highest BCUT2D eigenvalue weighted by Gasteiger charge is 2.62. The van der Waals surface area contributed by atoms with E-state index in [1.807, 2.05) is 0 Å². The van der Waals surface area contributed by atoms with Crippen LogP contribution >= 0.6 is 0 Å². The summed E-state index contributed by atoms with van der Waals surface area (Å²) >= 11 is 0. The van der Waals surface area contributed by atoms with Gasteiger partial charge in [-0.05, 0) is 20.8 Å². The van der Waals surface area contributed by atoms with E-state index in [9.17, 15) is 18.0 Å². The minimum atomic E-state index is -4.88. The van der Waals surface area contributed by atoms with E-state index in [1.54, 1.807) is 26.8 Å². The van der Waals surface area contributed by atoms with E-state index in [2.05, 4.69) is 10.1 Å². The lowest BCUT2D eigenvalue weighted by Gasteiger charge is -2.35. The third-order valence-electron chi connectivity index (χ3n) is 2.69. The normalized spacial score (nSPS) is 15.6. The van der Waals surface area contributed by atoms with Gasteiger partial charge >= 0.3 is 6.18 Å². The standard InChI is InChI=1S/C14H18F3NO2/c1-12(2,3)18-11(19)13(20-4,14(15,16)17)10-8-6-5-7-9-10/h5-9H,1-4H3,(H,18,19)/t13-/m0/s1. The van der Waals surface area contributed by atoms with E-state index in [0.717, 1.165) is 7.11 Å². The summed E-state index contributed by atoms with van der Waals surface area (Å²) in [6, 6.07) is 6.87. The summed E-state index contributed by atoms with van der Waals surface area (Å²) in [5, 5.41) is 2.33. The van der Waals surface area contributed by atoms with Crippen LogP contribution in [-0.4, -0.2) is 24.7 Å². The Balaban J connectivity index is 3.39. The molecule has 0 heterocycles. The first kappa shape index (κ1) is 16.5. The molecular formula is C14H18F3NO2. The molecule has 0 aliphatic carbocycles. The molecule has 0 bridgehead atoms. The predicted octanol–water partition coefficient (Wildman–Crippen LogP) is 3.01. The van der Waals surface area contributed by atoms with Crippen molar-refractivity contribution in [2.24, 2.45) is 0 Å². The Bertz CT molecular complexity index is 466. The molecule has 0 saturated heterocycles. The zero-order chi connectivity index (χ0) is 15.6. The van der Waals surface area contributed by atoms with E-state index >= 15 is 0 Å². The molecule has 0 radical (unpaired) electrons. The number of ether oxygens (including phenoxy) is 1. The highest BCUT2D eigenvalue weighted by molar-refractivity contribution is 5.88. The second-order valence-electron chi connectivity index (χ2n) is 5.45. The van der Waals surface area contributed by atoms with Gasteiger partial charge in [-0.3, -0.25) is 4.79 Å². The maximum absolute atomic E-state index is 13.5. The predicted molar refractivity (Wildman–Crippen MR) is 69.1 cm³/mol. The first-order chi connectivity index (χ1) is 9.04. The average Bonchev–Trinajstić information content (AvgIpc) is 2.27. The fourth-order valence-electron chi connectivity index (χ4n) is 1.85. The van der Waals surface area contributed by atoms with Crippen molar-refractivity contribution in [2.45, 2.75) is 38.1 Å². The molecule has 1 aromatic rings. The monoisotopic (exact) mass is 289 g/mol. The highest BCUT2D eigenvalue weighted by Crippen LogP contribution is 2.42. The third-order valence-corrected chi connectivity index (χ3v) is 2.69. The molecule has 0 fully saturated rings. The van der Waals surface area contributed by atoms with Gasteiger partial charge in [-0.15, -0.1) is 0 Å². The quantitative estimate of drug-likeness (QED) is 0.929. The van der Waals surface area contributed by atoms with Crippen LogP contribution in [0.3, 0.4) is 0 Å². The summed E-state index contributed by atoms with van der Waals surface area (Å²) in [5.41, 5.74) is -4.07. The number of methoxy groups -OCH3 is 1. The molecule has 1 amide bonds. The van der Waals surface area contributed by atoms with Crippen molar-refractivity contribution in [1.82, 2.24) is 5.32 Å². The van der Waals surface area contributed by atoms with Gasteiger partial charge in [0.2, 0.25) is 0 Å². The van der Waals surface area contributed by atoms with Crippen molar-refractivity contribution in [2.75, 3.05) is 7.11 Å². The number of amides is 1. The number of carbonyl (C=O) groups is 1. The molecule has 0 aromatic heterocycles. The number of carbonyl (C=O) groups excluding carboxylic acids is 1. The van der Waals surface area contributed by atoms with Crippen LogP contribution in [0.4, 0.5) is 13.2 Å². The molecule has 1 atom stereocenters. The van der Waals surface area contributed by atoms with Crippen molar-refractivity contribution < 1.29 is 22.7 Å². The first-order valence-corrected chi connectivity index (χ1v) is 6.04. The maximum atomic E-state index is 13.5. The summed E-state index contributed by atoms with van der Waals surface area (Å²) in [5.74, 6) is -1.23. The Labute approximate surface area is 116 Å². The molecular weight excluding hydrogens is 271 g/mol. The molecule has 0 spiro atoms. The van der Waals surface area contributed by atoms with Crippen molar-refractivity contribution in [3.8, 4) is 0 Å². The SMILES string of the molecule is CO[C@](C(=O)NC(C)(C)C)(c1ccccc1)C(F)(F)F. The van der Waals surface area contributed by atoms with Gasteiger partial charge in [0.25, 0.3) is 11.5 Å². The van der Waals surface area contributed by atoms with Gasteiger partial charge in [0, 0.05) is 18.2 Å². The number of hydrogen-bond acceptors (Lipinski definition) is 2. The lowest BCUT2D eigenvalue weighted by molar-refractivity contribution is -0.266. The van der Waals surface area contributed by atoms with Crippen LogP contribution in [0.2, 0.25) is 0 Å². The molecule has 1 aromatic carbocycles. The summed E-state index contributed by atoms with van der Waals surface area (Å²) in [6.45, 7) is 4.81. The molecule has 6 heteroatoms. The zero-order valence-electron chi connectivity index (χ0n) is 11.8. The van der Waals surface area contributed by atoms with Gasteiger partial charge in [-0.25, -0.2) is 0 Å². The van der Waals surface area contributed by atoms with E-state index < -0.39 is 23.2 Å². The van der Waals surface area contributed by atoms with E-state index in [-0.39, 0.29) is 5.56 Å². The van der Waals surface area contributed by atoms with Crippen LogP contribution in [0, 0.1) is 0 Å². The Kier molecular flexibility index (Phi) is 4.49. The van der Waals surface area contributed by atoms with Gasteiger partial charge in [0.1, 0.15) is 0 Å². The maximum Gasteiger partial charge on any atom is 0.430 e. The van der Waals surface area contributed by atoms with E-state index in [1.165, 1.54) is 24.3 Å². The number of nitrogens with one attached hydrogen (secondary N) is 1. The number of rotatable bonds is 3. The number of benzene rings is 1. The van der Waals surface area contributed by atoms with Gasteiger partial charge in [0.05, 0.1) is 0 Å². The van der Waals surface area contributed by atoms with Crippen LogP contribution in [0.5, 0.6) is 0 Å². The fourth-order valence-corrected chi connectivity index (χ4v) is 1.85. The fraction of sp³-hybridized carbons (Fsp3) is 0.500. The minimum Gasteiger partial charge on any atom is -0.356 e. The summed E-state index contributed by atoms with van der Waals surface area (Å²) in [6.07, 6.45) is -4.88. The topological polar surface area (TPSA) is 38.3 Å². The Morgan fingerprint density at radius 2 is 1.60 bits per heavy atom. The van der Waals surface area contributed by atoms with Crippen molar-refractivity contribution in [1.29, 1.82) is 0 Å². The van der Waals surface area contributed by atoms with Crippen LogP contribution < -0.4 is 5.32 Å². The molecule has 20 heavy (non-hydrogen) atoms. The largest absolute Gasteiger partial charge is 0.430 e. The van der Waals surface area contributed by atoms with Crippen LogP contribution in [0.15, 0.2) is 30.3 Å². The second-order valence-corrected chi connectivity index (χ2v) is 5.45. The molecule has 1 rings (SSSR count). The van der Waals surface area contributed by atoms with E-state index in [0.29, 0.717) is 0 Å². The van der Waals surface area contributed by atoms with Gasteiger partial charge < -0.3 is 10.1 Å². The van der Waals surface area contributed by atoms with Crippen LogP contribution in [0.1, 0.15) is 26.3 Å². The molecule has 0 unspecified atom stereocenters. The smallest absolute Gasteiger partial charge is 0.356 e. The average molecular weight is 289 g/mol. The van der Waals surface area contributed by atoms with Crippen LogP contribution in [-0.2, 0) is 15.1 Å². The number of alkyl halides is 3. The third kappa shape index (κ3) is 3.12. The first-order valence-electron chi connectivity index (χ1n) is 6.04. The number of hydrogen-bond donors (Lipinski definition) is 1. The Morgan fingerprint density at radius 1 is 1.10 bits per heavy atom. The molecule has 1 N–H and O–H groups in total. The summed E-state index contributed by atoms with van der Waals surface area (Å²) in [7, 11) is 0.878. The van der Waals surface area contributed by atoms with Crippen molar-refractivity contribution >= 4 is 5.91 Å². The van der Waals surface area contributed by atoms with Gasteiger partial charge in [-0.1, -0.05) is 30.3 Å². The van der Waals surface area contributed by atoms with Gasteiger partial charge in [-0.2, -0.15) is 13.2 Å². The Hall–Kier alpha value is -1.56. The van der Waals surface area contributed by atoms with Gasteiger partial charge in [0.15, 0.2) is 0 Å². The highest BCUT2D eigenvalue weighted by atomic mass is 19.4. The zero-order valence-corrected chi connectivity index (χ0v) is 11.8. The molecule has 112 valence electrons.